The summed E-state index contributed by atoms with van der Waals surface area (Å²) in [5, 5.41) is 8.32. The summed E-state index contributed by atoms with van der Waals surface area (Å²) in [5.74, 6) is -3.23. The molecule has 0 radical (unpaired) electrons. The highest BCUT2D eigenvalue weighted by Crippen LogP contribution is 2.15. The van der Waals surface area contributed by atoms with Crippen LogP contribution in [0, 0.1) is 5.92 Å². The number of carboxylic acid groups (broad SMARTS) is 1. The van der Waals surface area contributed by atoms with Gasteiger partial charge in [-0.15, -0.1) is 0 Å². The van der Waals surface area contributed by atoms with E-state index in [9.17, 15) is 14.4 Å². The van der Waals surface area contributed by atoms with Crippen molar-refractivity contribution in [1.29, 1.82) is 0 Å². The second-order valence-electron chi connectivity index (χ2n) is 2.80. The highest BCUT2D eigenvalue weighted by molar-refractivity contribution is 6.46. The van der Waals surface area contributed by atoms with Gasteiger partial charge in [-0.05, 0) is 0 Å². The van der Waals surface area contributed by atoms with Gasteiger partial charge in [-0.25, -0.2) is 4.79 Å². The quantitative estimate of drug-likeness (QED) is 0.511. The standard InChI is InChI=1S/C10H8O4/c1-6-2-3-7(4-5-8(11)12)10(14)9(6)13/h2-5,7H,1H2,(H,11,12). The van der Waals surface area contributed by atoms with Crippen molar-refractivity contribution in [3.8, 4) is 0 Å². The number of carbonyl (C=O) groups excluding carboxylic acids is 2. The third kappa shape index (κ3) is 2.04. The van der Waals surface area contributed by atoms with Crippen LogP contribution in [-0.4, -0.2) is 22.6 Å². The Balaban J connectivity index is 2.88. The van der Waals surface area contributed by atoms with E-state index in [1.165, 1.54) is 18.2 Å². The number of ketones is 2. The topological polar surface area (TPSA) is 71.4 Å². The summed E-state index contributed by atoms with van der Waals surface area (Å²) >= 11 is 0. The molecule has 4 nitrogen and oxygen atoms in total. The zero-order valence-electron chi connectivity index (χ0n) is 7.27. The Morgan fingerprint density at radius 1 is 1.50 bits per heavy atom. The summed E-state index contributed by atoms with van der Waals surface area (Å²) in [6, 6.07) is 0. The van der Waals surface area contributed by atoms with Crippen LogP contribution >= 0.6 is 0 Å². The lowest BCUT2D eigenvalue weighted by molar-refractivity contribution is -0.135. The van der Waals surface area contributed by atoms with E-state index < -0.39 is 23.5 Å². The lowest BCUT2D eigenvalue weighted by Gasteiger charge is -2.10. The number of rotatable bonds is 2. The predicted octanol–water partition coefficient (Wildman–Crippen LogP) is 0.508. The molecule has 1 atom stereocenters. The van der Waals surface area contributed by atoms with Crippen molar-refractivity contribution in [3.05, 3.63) is 36.5 Å². The van der Waals surface area contributed by atoms with Crippen molar-refractivity contribution < 1.29 is 19.5 Å². The Labute approximate surface area is 80.2 Å². The first-order valence-electron chi connectivity index (χ1n) is 3.89. The highest BCUT2D eigenvalue weighted by Gasteiger charge is 2.26. The monoisotopic (exact) mass is 192 g/mol. The van der Waals surface area contributed by atoms with Crippen molar-refractivity contribution in [2.45, 2.75) is 0 Å². The number of aliphatic carboxylic acids is 1. The number of Topliss-reactive ketones (excluding diaryl/α,β-unsaturated/α-hetero) is 2. The molecule has 0 aromatic rings. The molecular formula is C10H8O4. The number of carboxylic acids is 1. The van der Waals surface area contributed by atoms with Gasteiger partial charge in [-0.1, -0.05) is 24.8 Å². The molecule has 1 aliphatic rings. The second-order valence-corrected chi connectivity index (χ2v) is 2.80. The van der Waals surface area contributed by atoms with Gasteiger partial charge >= 0.3 is 5.97 Å². The Morgan fingerprint density at radius 3 is 2.71 bits per heavy atom. The Kier molecular flexibility index (Phi) is 2.76. The molecule has 1 unspecified atom stereocenters. The molecule has 1 N–H and O–H groups in total. The van der Waals surface area contributed by atoms with E-state index in [2.05, 4.69) is 6.58 Å². The summed E-state index contributed by atoms with van der Waals surface area (Å²) in [6.07, 6.45) is 4.88. The van der Waals surface area contributed by atoms with Gasteiger partial charge in [0, 0.05) is 11.6 Å². The highest BCUT2D eigenvalue weighted by atomic mass is 16.4. The molecule has 0 spiro atoms. The van der Waals surface area contributed by atoms with Gasteiger partial charge in [0.25, 0.3) is 0 Å². The van der Waals surface area contributed by atoms with Gasteiger partial charge in [0.2, 0.25) is 11.6 Å². The number of hydrogen-bond donors (Lipinski definition) is 1. The first-order chi connectivity index (χ1) is 6.52. The molecule has 0 heterocycles. The third-order valence-corrected chi connectivity index (χ3v) is 1.77. The van der Waals surface area contributed by atoms with Gasteiger partial charge in [-0.3, -0.25) is 9.59 Å². The van der Waals surface area contributed by atoms with Crippen molar-refractivity contribution in [2.75, 3.05) is 0 Å². The van der Waals surface area contributed by atoms with Crippen molar-refractivity contribution >= 4 is 17.5 Å². The fourth-order valence-electron chi connectivity index (χ4n) is 1.03. The molecule has 0 amide bonds. The second kappa shape index (κ2) is 3.83. The van der Waals surface area contributed by atoms with Crippen molar-refractivity contribution in [2.24, 2.45) is 5.92 Å². The van der Waals surface area contributed by atoms with E-state index in [0.29, 0.717) is 0 Å². The van der Waals surface area contributed by atoms with Crippen LogP contribution in [0.25, 0.3) is 0 Å². The van der Waals surface area contributed by atoms with Crippen LogP contribution in [0.15, 0.2) is 36.5 Å². The number of hydrogen-bond acceptors (Lipinski definition) is 3. The molecule has 0 bridgehead atoms. The molecule has 14 heavy (non-hydrogen) atoms. The van der Waals surface area contributed by atoms with Crippen LogP contribution < -0.4 is 0 Å². The Bertz CT molecular complexity index is 374. The molecule has 0 saturated heterocycles. The summed E-state index contributed by atoms with van der Waals surface area (Å²) in [4.78, 5) is 32.5. The molecule has 72 valence electrons. The van der Waals surface area contributed by atoms with Gasteiger partial charge in [0.1, 0.15) is 0 Å². The lowest BCUT2D eigenvalue weighted by Crippen LogP contribution is -2.25. The van der Waals surface area contributed by atoms with E-state index in [4.69, 9.17) is 5.11 Å². The SMILES string of the molecule is C=C1C=CC(C=CC(=O)O)C(=O)C1=O. The van der Waals surface area contributed by atoms with Gasteiger partial charge in [0.05, 0.1) is 5.92 Å². The van der Waals surface area contributed by atoms with Gasteiger partial charge in [0.15, 0.2) is 0 Å². The maximum atomic E-state index is 11.2. The lowest BCUT2D eigenvalue weighted by atomic mass is 9.90. The van der Waals surface area contributed by atoms with Crippen LogP contribution in [-0.2, 0) is 14.4 Å². The normalized spacial score (nSPS) is 22.0. The van der Waals surface area contributed by atoms with Crippen molar-refractivity contribution in [1.82, 2.24) is 0 Å². The van der Waals surface area contributed by atoms with Crippen LogP contribution in [0.1, 0.15) is 0 Å². The van der Waals surface area contributed by atoms with Crippen LogP contribution in [0.5, 0.6) is 0 Å². The van der Waals surface area contributed by atoms with E-state index in [-0.39, 0.29) is 5.57 Å². The molecule has 4 heteroatoms. The first kappa shape index (κ1) is 10.1. The molecule has 1 rings (SSSR count). The largest absolute Gasteiger partial charge is 0.478 e. The number of carbonyl (C=O) groups is 3. The van der Waals surface area contributed by atoms with E-state index in [1.54, 1.807) is 0 Å². The zero-order chi connectivity index (χ0) is 10.7. The zero-order valence-corrected chi connectivity index (χ0v) is 7.27. The van der Waals surface area contributed by atoms with E-state index in [1.807, 2.05) is 0 Å². The number of allylic oxidation sites excluding steroid dienone is 4. The Morgan fingerprint density at radius 2 is 2.14 bits per heavy atom. The summed E-state index contributed by atoms with van der Waals surface area (Å²) < 4.78 is 0. The summed E-state index contributed by atoms with van der Waals surface area (Å²) in [5.41, 5.74) is 0.134. The fourth-order valence-corrected chi connectivity index (χ4v) is 1.03. The van der Waals surface area contributed by atoms with Crippen LogP contribution in [0.2, 0.25) is 0 Å². The van der Waals surface area contributed by atoms with Crippen LogP contribution in [0.4, 0.5) is 0 Å². The van der Waals surface area contributed by atoms with E-state index in [0.717, 1.165) is 6.08 Å². The molecule has 1 aliphatic carbocycles. The van der Waals surface area contributed by atoms with Crippen LogP contribution in [0.3, 0.4) is 0 Å². The predicted molar refractivity (Wildman–Crippen MR) is 48.6 cm³/mol. The molecule has 0 fully saturated rings. The Hall–Kier alpha value is -1.97. The van der Waals surface area contributed by atoms with E-state index >= 15 is 0 Å². The minimum Gasteiger partial charge on any atom is -0.478 e. The first-order valence-corrected chi connectivity index (χ1v) is 3.89. The average Bonchev–Trinajstić information content (AvgIpc) is 2.13. The van der Waals surface area contributed by atoms with Crippen molar-refractivity contribution in [3.63, 3.8) is 0 Å². The molecule has 0 aliphatic heterocycles. The maximum absolute atomic E-state index is 11.2. The summed E-state index contributed by atoms with van der Waals surface area (Å²) in [6.45, 7) is 3.38. The minimum absolute atomic E-state index is 0.134. The summed E-state index contributed by atoms with van der Waals surface area (Å²) in [7, 11) is 0. The third-order valence-electron chi connectivity index (χ3n) is 1.77. The molecule has 0 aromatic heterocycles. The molecule has 0 aromatic carbocycles. The van der Waals surface area contributed by atoms with Gasteiger partial charge in [-0.2, -0.15) is 0 Å². The molecular weight excluding hydrogens is 184 g/mol. The van der Waals surface area contributed by atoms with Gasteiger partial charge < -0.3 is 5.11 Å². The smallest absolute Gasteiger partial charge is 0.328 e. The minimum atomic E-state index is -1.15. The average molecular weight is 192 g/mol. The maximum Gasteiger partial charge on any atom is 0.328 e. The molecule has 0 saturated carbocycles. The fraction of sp³-hybridized carbons (Fsp3) is 0.100.